The molecule has 0 atom stereocenters. The molecular formula is C19H17N3O5. The van der Waals surface area contributed by atoms with Crippen LogP contribution in [0.25, 0.3) is 11.4 Å². The van der Waals surface area contributed by atoms with Gasteiger partial charge in [-0.25, -0.2) is 4.79 Å². The summed E-state index contributed by atoms with van der Waals surface area (Å²) in [5, 5.41) is 6.50. The predicted molar refractivity (Wildman–Crippen MR) is 96.2 cm³/mol. The zero-order chi connectivity index (χ0) is 19.2. The van der Waals surface area contributed by atoms with Gasteiger partial charge >= 0.3 is 5.97 Å². The summed E-state index contributed by atoms with van der Waals surface area (Å²) in [6.07, 6.45) is 0. The molecule has 0 fully saturated rings. The van der Waals surface area contributed by atoms with E-state index in [1.807, 2.05) is 0 Å². The van der Waals surface area contributed by atoms with Crippen LogP contribution in [0.15, 0.2) is 53.1 Å². The van der Waals surface area contributed by atoms with Gasteiger partial charge in [0, 0.05) is 18.2 Å². The van der Waals surface area contributed by atoms with E-state index in [0.29, 0.717) is 17.1 Å². The van der Waals surface area contributed by atoms with Crippen LogP contribution in [0.4, 0.5) is 5.69 Å². The van der Waals surface area contributed by atoms with E-state index in [1.165, 1.54) is 6.92 Å². The van der Waals surface area contributed by atoms with E-state index in [2.05, 4.69) is 15.5 Å². The van der Waals surface area contributed by atoms with Crippen LogP contribution in [0.1, 0.15) is 23.2 Å². The van der Waals surface area contributed by atoms with Crippen LogP contribution in [-0.2, 0) is 16.1 Å². The Labute approximate surface area is 155 Å². The molecule has 0 aliphatic heterocycles. The number of esters is 1. The Bertz CT molecular complexity index is 933. The monoisotopic (exact) mass is 367 g/mol. The number of carbonyl (C=O) groups is 2. The second kappa shape index (κ2) is 8.13. The molecule has 0 saturated heterocycles. The maximum atomic E-state index is 12.1. The van der Waals surface area contributed by atoms with Crippen LogP contribution in [0.3, 0.4) is 0 Å². The Morgan fingerprint density at radius 2 is 1.78 bits per heavy atom. The second-order valence-electron chi connectivity index (χ2n) is 5.57. The van der Waals surface area contributed by atoms with Crippen molar-refractivity contribution in [1.82, 2.24) is 10.1 Å². The van der Waals surface area contributed by atoms with Crippen molar-refractivity contribution in [3.05, 3.63) is 60.0 Å². The highest BCUT2D eigenvalue weighted by Gasteiger charge is 2.13. The first-order valence-corrected chi connectivity index (χ1v) is 8.07. The Morgan fingerprint density at radius 1 is 1.07 bits per heavy atom. The molecule has 3 aromatic rings. The van der Waals surface area contributed by atoms with Crippen molar-refractivity contribution in [1.29, 1.82) is 0 Å². The Morgan fingerprint density at radius 3 is 2.41 bits per heavy atom. The van der Waals surface area contributed by atoms with E-state index in [0.717, 1.165) is 11.3 Å². The lowest BCUT2D eigenvalue weighted by atomic mass is 10.2. The molecule has 0 bridgehead atoms. The molecule has 27 heavy (non-hydrogen) atoms. The fourth-order valence-electron chi connectivity index (χ4n) is 2.27. The summed E-state index contributed by atoms with van der Waals surface area (Å²) in [6.45, 7) is 1.27. The number of aromatic nitrogens is 2. The molecule has 0 aliphatic carbocycles. The van der Waals surface area contributed by atoms with Crippen LogP contribution in [-0.4, -0.2) is 29.1 Å². The van der Waals surface area contributed by atoms with Crippen LogP contribution >= 0.6 is 0 Å². The molecule has 0 saturated carbocycles. The van der Waals surface area contributed by atoms with Crippen molar-refractivity contribution in [2.24, 2.45) is 0 Å². The number of rotatable bonds is 6. The number of nitrogens with one attached hydrogen (secondary N) is 1. The van der Waals surface area contributed by atoms with E-state index in [1.54, 1.807) is 55.6 Å². The molecule has 1 N–H and O–H groups in total. The van der Waals surface area contributed by atoms with Gasteiger partial charge in [-0.2, -0.15) is 4.98 Å². The van der Waals surface area contributed by atoms with Crippen molar-refractivity contribution in [2.75, 3.05) is 12.4 Å². The summed E-state index contributed by atoms with van der Waals surface area (Å²) in [4.78, 5) is 27.3. The quantitative estimate of drug-likeness (QED) is 0.668. The minimum absolute atomic E-state index is 0.143. The third kappa shape index (κ3) is 4.69. The first kappa shape index (κ1) is 18.1. The number of amides is 1. The van der Waals surface area contributed by atoms with Gasteiger partial charge in [-0.1, -0.05) is 5.16 Å². The number of hydrogen-bond acceptors (Lipinski definition) is 7. The maximum absolute atomic E-state index is 12.1. The number of carbonyl (C=O) groups excluding carboxylic acids is 2. The molecule has 0 aliphatic rings. The number of methoxy groups -OCH3 is 1. The van der Waals surface area contributed by atoms with Gasteiger partial charge in [-0.05, 0) is 48.5 Å². The van der Waals surface area contributed by atoms with Crippen molar-refractivity contribution < 1.29 is 23.6 Å². The van der Waals surface area contributed by atoms with Crippen molar-refractivity contribution in [3.8, 4) is 17.1 Å². The molecule has 0 spiro atoms. The van der Waals surface area contributed by atoms with Gasteiger partial charge in [-0.3, -0.25) is 4.79 Å². The minimum Gasteiger partial charge on any atom is -0.497 e. The van der Waals surface area contributed by atoms with Gasteiger partial charge in [0.05, 0.1) is 12.7 Å². The molecular weight excluding hydrogens is 350 g/mol. The third-order valence-corrected chi connectivity index (χ3v) is 3.58. The second-order valence-corrected chi connectivity index (χ2v) is 5.57. The van der Waals surface area contributed by atoms with Crippen LogP contribution in [0.2, 0.25) is 0 Å². The van der Waals surface area contributed by atoms with E-state index in [4.69, 9.17) is 14.0 Å². The highest BCUT2D eigenvalue weighted by molar-refractivity contribution is 5.92. The Hall–Kier alpha value is -3.68. The molecule has 1 heterocycles. The van der Waals surface area contributed by atoms with Gasteiger partial charge in [0.15, 0.2) is 6.61 Å². The minimum atomic E-state index is -0.534. The third-order valence-electron chi connectivity index (χ3n) is 3.58. The van der Waals surface area contributed by atoms with Crippen molar-refractivity contribution in [3.63, 3.8) is 0 Å². The topological polar surface area (TPSA) is 104 Å². The SMILES string of the molecule is COc1ccc(-c2noc(COC(=O)c3ccc(NC(C)=O)cc3)n2)cc1. The average Bonchev–Trinajstić information content (AvgIpc) is 3.15. The van der Waals surface area contributed by atoms with E-state index < -0.39 is 5.97 Å². The lowest BCUT2D eigenvalue weighted by molar-refractivity contribution is -0.114. The number of hydrogen-bond donors (Lipinski definition) is 1. The zero-order valence-electron chi connectivity index (χ0n) is 14.8. The Kier molecular flexibility index (Phi) is 5.46. The first-order chi connectivity index (χ1) is 13.0. The lowest BCUT2D eigenvalue weighted by Gasteiger charge is -2.04. The molecule has 1 amide bonds. The molecule has 8 nitrogen and oxygen atoms in total. The predicted octanol–water partition coefficient (Wildman–Crippen LogP) is 3.06. The number of nitrogens with zero attached hydrogens (tertiary/aromatic N) is 2. The standard InChI is InChI=1S/C19H17N3O5/c1-12(23)20-15-7-3-14(4-8-15)19(24)26-11-17-21-18(22-27-17)13-5-9-16(25-2)10-6-13/h3-10H,11H2,1-2H3,(H,20,23). The molecule has 0 radical (unpaired) electrons. The van der Waals surface area contributed by atoms with E-state index >= 15 is 0 Å². The first-order valence-electron chi connectivity index (χ1n) is 8.07. The molecule has 3 rings (SSSR count). The van der Waals surface area contributed by atoms with Crippen molar-refractivity contribution in [2.45, 2.75) is 13.5 Å². The Balaban J connectivity index is 1.59. The lowest BCUT2D eigenvalue weighted by Crippen LogP contribution is -2.08. The summed E-state index contributed by atoms with van der Waals surface area (Å²) in [7, 11) is 1.59. The normalized spacial score (nSPS) is 10.3. The van der Waals surface area contributed by atoms with E-state index in [-0.39, 0.29) is 18.4 Å². The fourth-order valence-corrected chi connectivity index (χ4v) is 2.27. The summed E-state index contributed by atoms with van der Waals surface area (Å²) < 4.78 is 15.4. The molecule has 2 aromatic carbocycles. The van der Waals surface area contributed by atoms with Crippen LogP contribution in [0, 0.1) is 0 Å². The van der Waals surface area contributed by atoms with Gasteiger partial charge in [0.2, 0.25) is 11.7 Å². The molecule has 138 valence electrons. The summed E-state index contributed by atoms with van der Waals surface area (Å²) in [5.74, 6) is 0.580. The average molecular weight is 367 g/mol. The molecule has 8 heteroatoms. The number of benzene rings is 2. The van der Waals surface area contributed by atoms with Crippen molar-refractivity contribution >= 4 is 17.6 Å². The van der Waals surface area contributed by atoms with E-state index in [9.17, 15) is 9.59 Å². The highest BCUT2D eigenvalue weighted by Crippen LogP contribution is 2.20. The largest absolute Gasteiger partial charge is 0.497 e. The summed E-state index contributed by atoms with van der Waals surface area (Å²) >= 11 is 0. The van der Waals surface area contributed by atoms with Gasteiger partial charge in [-0.15, -0.1) is 0 Å². The van der Waals surface area contributed by atoms with Crippen LogP contribution in [0.5, 0.6) is 5.75 Å². The zero-order valence-corrected chi connectivity index (χ0v) is 14.8. The smallest absolute Gasteiger partial charge is 0.338 e. The van der Waals surface area contributed by atoms with Gasteiger partial charge in [0.25, 0.3) is 5.89 Å². The molecule has 0 unspecified atom stereocenters. The highest BCUT2D eigenvalue weighted by atomic mass is 16.6. The summed E-state index contributed by atoms with van der Waals surface area (Å²) in [5.41, 5.74) is 1.70. The summed E-state index contributed by atoms with van der Waals surface area (Å²) in [6, 6.07) is 13.5. The van der Waals surface area contributed by atoms with Crippen LogP contribution < -0.4 is 10.1 Å². The molecule has 1 aromatic heterocycles. The number of ether oxygens (including phenoxy) is 2. The van der Waals surface area contributed by atoms with Gasteiger partial charge in [0.1, 0.15) is 5.75 Å². The van der Waals surface area contributed by atoms with Gasteiger partial charge < -0.3 is 19.3 Å². The fraction of sp³-hybridized carbons (Fsp3) is 0.158. The maximum Gasteiger partial charge on any atom is 0.338 e. The number of anilines is 1.